The minimum Gasteiger partial charge on any atom is -0.474 e. The van der Waals surface area contributed by atoms with Crippen LogP contribution in [0.3, 0.4) is 0 Å². The van der Waals surface area contributed by atoms with Gasteiger partial charge in [-0.25, -0.2) is 0 Å². The zero-order chi connectivity index (χ0) is 11.7. The Labute approximate surface area is 107 Å². The second-order valence-electron chi connectivity index (χ2n) is 5.11. The molecule has 1 aliphatic heterocycles. The van der Waals surface area contributed by atoms with Crippen LogP contribution in [0.5, 0.6) is 0 Å². The summed E-state index contributed by atoms with van der Waals surface area (Å²) >= 11 is 2.50. The summed E-state index contributed by atoms with van der Waals surface area (Å²) in [6.07, 6.45) is 3.03. The van der Waals surface area contributed by atoms with Crippen molar-refractivity contribution in [2.45, 2.75) is 36.2 Å². The molecule has 0 bridgehead atoms. The molecule has 0 aromatic heterocycles. The second kappa shape index (κ2) is 4.36. The van der Waals surface area contributed by atoms with Crippen molar-refractivity contribution in [2.24, 2.45) is 0 Å². The van der Waals surface area contributed by atoms with Gasteiger partial charge in [-0.2, -0.15) is 0 Å². The molecule has 1 fully saturated rings. The van der Waals surface area contributed by atoms with Crippen molar-refractivity contribution in [3.63, 3.8) is 0 Å². The maximum Gasteiger partial charge on any atom is 0.182 e. The minimum absolute atomic E-state index is 0.154. The van der Waals surface area contributed by atoms with E-state index in [0.29, 0.717) is 3.42 Å². The quantitative estimate of drug-likeness (QED) is 0.341. The Kier molecular flexibility index (Phi) is 3.74. The van der Waals surface area contributed by atoms with Crippen LogP contribution in [0, 0.1) is 0 Å². The van der Waals surface area contributed by atoms with E-state index in [1.807, 2.05) is 26.8 Å². The van der Waals surface area contributed by atoms with E-state index >= 15 is 0 Å². The number of hydrogen-bond acceptors (Lipinski definition) is 2. The number of halogens is 1. The van der Waals surface area contributed by atoms with Gasteiger partial charge in [-0.3, -0.25) is 0 Å². The molecule has 1 heterocycles. The molecule has 1 aliphatic rings. The van der Waals surface area contributed by atoms with Gasteiger partial charge in [0.2, 0.25) is 0 Å². The van der Waals surface area contributed by atoms with E-state index in [-0.39, 0.29) is 5.60 Å². The third-order valence-electron chi connectivity index (χ3n) is 2.24. The maximum atomic E-state index is 5.72. The zero-order valence-electron chi connectivity index (χ0n) is 9.85. The van der Waals surface area contributed by atoms with Crippen LogP contribution in [0.1, 0.15) is 27.2 Å². The number of alkyl halides is 1. The Morgan fingerprint density at radius 1 is 1.53 bits per heavy atom. The smallest absolute Gasteiger partial charge is 0.182 e. The van der Waals surface area contributed by atoms with E-state index in [4.69, 9.17) is 4.74 Å². The van der Waals surface area contributed by atoms with Crippen LogP contribution >= 0.6 is 22.6 Å². The van der Waals surface area contributed by atoms with Crippen LogP contribution < -0.4 is 0 Å². The van der Waals surface area contributed by atoms with Gasteiger partial charge in [-0.15, -0.1) is 6.58 Å². The van der Waals surface area contributed by atoms with Gasteiger partial charge < -0.3 is 9.64 Å². The van der Waals surface area contributed by atoms with E-state index in [0.717, 1.165) is 25.4 Å². The highest BCUT2D eigenvalue weighted by molar-refractivity contribution is 14.1. The summed E-state index contributed by atoms with van der Waals surface area (Å²) in [7, 11) is 0. The molecule has 1 saturated heterocycles. The Morgan fingerprint density at radius 3 is 2.47 bits per heavy atom. The number of likely N-dealkylation sites (tertiary alicyclic amines) is 1. The largest absolute Gasteiger partial charge is 0.474 e. The van der Waals surface area contributed by atoms with Crippen molar-refractivity contribution in [3.05, 3.63) is 25.1 Å². The van der Waals surface area contributed by atoms with Crippen molar-refractivity contribution < 1.29 is 4.74 Å². The summed E-state index contributed by atoms with van der Waals surface area (Å²) in [5.74, 6) is 0.791. The molecular formula is C12H20INO. The predicted octanol–water partition coefficient (Wildman–Crippen LogP) is 3.34. The Bertz CT molecular complexity index is 261. The van der Waals surface area contributed by atoms with Gasteiger partial charge in [0.25, 0.3) is 0 Å². The molecule has 0 atom stereocenters. The summed E-state index contributed by atoms with van der Waals surface area (Å²) in [4.78, 5) is 2.18. The Balaban J connectivity index is 2.38. The van der Waals surface area contributed by atoms with Crippen LogP contribution in [0.4, 0.5) is 0 Å². The van der Waals surface area contributed by atoms with E-state index < -0.39 is 0 Å². The van der Waals surface area contributed by atoms with Crippen LogP contribution in [-0.2, 0) is 4.74 Å². The number of nitrogens with zero attached hydrogens (tertiary/aromatic N) is 1. The van der Waals surface area contributed by atoms with Crippen molar-refractivity contribution in [2.75, 3.05) is 13.1 Å². The van der Waals surface area contributed by atoms with Crippen molar-refractivity contribution in [1.82, 2.24) is 4.90 Å². The first-order chi connectivity index (χ1) is 6.76. The fourth-order valence-electron chi connectivity index (χ4n) is 1.62. The van der Waals surface area contributed by atoms with E-state index in [1.54, 1.807) is 0 Å². The third kappa shape index (κ3) is 3.70. The molecule has 0 amide bonds. The number of allylic oxidation sites excluding steroid dienone is 1. The molecule has 0 aliphatic carbocycles. The second-order valence-corrected chi connectivity index (χ2v) is 7.40. The van der Waals surface area contributed by atoms with Crippen molar-refractivity contribution in [3.8, 4) is 0 Å². The molecule has 0 aromatic rings. The molecule has 0 aromatic carbocycles. The van der Waals surface area contributed by atoms with Gasteiger partial charge in [0.15, 0.2) is 5.88 Å². The Morgan fingerprint density at radius 2 is 2.07 bits per heavy atom. The SMILES string of the molecule is C=CCC1(I)CN(C(=C)OC(C)(C)C)C1. The average molecular weight is 321 g/mol. The van der Waals surface area contributed by atoms with Gasteiger partial charge in [0.05, 0.1) is 3.42 Å². The van der Waals surface area contributed by atoms with Gasteiger partial charge in [0.1, 0.15) is 5.60 Å². The molecule has 0 spiro atoms. The predicted molar refractivity (Wildman–Crippen MR) is 73.1 cm³/mol. The summed E-state index contributed by atoms with van der Waals surface area (Å²) in [6.45, 7) is 15.9. The van der Waals surface area contributed by atoms with Crippen LogP contribution in [0.2, 0.25) is 0 Å². The molecule has 0 radical (unpaired) electrons. The summed E-state index contributed by atoms with van der Waals surface area (Å²) in [6, 6.07) is 0. The van der Waals surface area contributed by atoms with Gasteiger partial charge in [-0.1, -0.05) is 28.7 Å². The average Bonchev–Trinajstić information content (AvgIpc) is 1.96. The molecule has 0 saturated carbocycles. The highest BCUT2D eigenvalue weighted by atomic mass is 127. The molecule has 15 heavy (non-hydrogen) atoms. The normalized spacial score (nSPS) is 19.3. The molecule has 3 heteroatoms. The first-order valence-electron chi connectivity index (χ1n) is 5.18. The fraction of sp³-hybridized carbons (Fsp3) is 0.667. The molecule has 2 nitrogen and oxygen atoms in total. The lowest BCUT2D eigenvalue weighted by atomic mass is 9.96. The molecule has 0 N–H and O–H groups in total. The van der Waals surface area contributed by atoms with Crippen molar-refractivity contribution in [1.29, 1.82) is 0 Å². The van der Waals surface area contributed by atoms with E-state index in [1.165, 1.54) is 0 Å². The number of hydrogen-bond donors (Lipinski definition) is 0. The number of ether oxygens (including phenoxy) is 1. The first kappa shape index (κ1) is 12.9. The van der Waals surface area contributed by atoms with Crippen LogP contribution in [0.25, 0.3) is 0 Å². The van der Waals surface area contributed by atoms with Gasteiger partial charge >= 0.3 is 0 Å². The highest BCUT2D eigenvalue weighted by Gasteiger charge is 2.41. The van der Waals surface area contributed by atoms with E-state index in [2.05, 4.69) is 40.6 Å². The minimum atomic E-state index is -0.154. The highest BCUT2D eigenvalue weighted by Crippen LogP contribution is 2.37. The molecule has 86 valence electrons. The maximum absolute atomic E-state index is 5.72. The Hall–Kier alpha value is -0.190. The first-order valence-corrected chi connectivity index (χ1v) is 6.26. The summed E-state index contributed by atoms with van der Waals surface area (Å²) in [5.41, 5.74) is -0.154. The monoisotopic (exact) mass is 321 g/mol. The topological polar surface area (TPSA) is 12.5 Å². The van der Waals surface area contributed by atoms with Gasteiger partial charge in [-0.05, 0) is 33.8 Å². The summed E-state index contributed by atoms with van der Waals surface area (Å²) in [5, 5.41) is 0. The molecule has 0 unspecified atom stereocenters. The number of rotatable bonds is 4. The van der Waals surface area contributed by atoms with Crippen LogP contribution in [-0.4, -0.2) is 27.0 Å². The van der Waals surface area contributed by atoms with Gasteiger partial charge in [0, 0.05) is 13.1 Å². The molecular weight excluding hydrogens is 301 g/mol. The van der Waals surface area contributed by atoms with Crippen molar-refractivity contribution >= 4 is 22.6 Å². The zero-order valence-corrected chi connectivity index (χ0v) is 12.0. The van der Waals surface area contributed by atoms with Crippen LogP contribution in [0.15, 0.2) is 25.1 Å². The third-order valence-corrected chi connectivity index (χ3v) is 3.36. The lowest BCUT2D eigenvalue weighted by Crippen LogP contribution is -2.57. The lowest BCUT2D eigenvalue weighted by molar-refractivity contribution is -0.0205. The van der Waals surface area contributed by atoms with E-state index in [9.17, 15) is 0 Å². The fourth-order valence-corrected chi connectivity index (χ4v) is 2.75. The summed E-state index contributed by atoms with van der Waals surface area (Å²) < 4.78 is 6.05. The molecule has 1 rings (SSSR count). The standard InChI is InChI=1S/C12H20INO/c1-6-7-12(13)8-14(9-12)10(2)15-11(3,4)5/h6H,1-2,7-9H2,3-5H3. The lowest BCUT2D eigenvalue weighted by Gasteiger charge is -2.48.